The summed E-state index contributed by atoms with van der Waals surface area (Å²) in [6.45, 7) is 8.47. The number of fused-ring (bicyclic) bond motifs is 5. The molecule has 0 spiro atoms. The van der Waals surface area contributed by atoms with Gasteiger partial charge in [-0.2, -0.15) is 0 Å². The van der Waals surface area contributed by atoms with Crippen LogP contribution < -0.4 is 0 Å². The summed E-state index contributed by atoms with van der Waals surface area (Å²) < 4.78 is 11.6. The summed E-state index contributed by atoms with van der Waals surface area (Å²) in [7, 11) is 0. The van der Waals surface area contributed by atoms with Gasteiger partial charge in [-0.15, -0.1) is 0 Å². The van der Waals surface area contributed by atoms with Crippen LogP contribution in [0.1, 0.15) is 79.6 Å². The van der Waals surface area contributed by atoms with Gasteiger partial charge in [0.2, 0.25) is 0 Å². The van der Waals surface area contributed by atoms with Crippen molar-refractivity contribution in [2.45, 2.75) is 126 Å². The molecule has 12 atom stereocenters. The van der Waals surface area contributed by atoms with Crippen LogP contribution in [0.3, 0.4) is 0 Å². The molecule has 4 saturated carbocycles. The van der Waals surface area contributed by atoms with Gasteiger partial charge in [-0.3, -0.25) is 4.79 Å². The lowest BCUT2D eigenvalue weighted by Gasteiger charge is -2.66. The predicted octanol–water partition coefficient (Wildman–Crippen LogP) is 0.920. The van der Waals surface area contributed by atoms with Crippen molar-refractivity contribution < 1.29 is 44.6 Å². The summed E-state index contributed by atoms with van der Waals surface area (Å²) in [5.41, 5.74) is -8.05. The van der Waals surface area contributed by atoms with E-state index in [1.54, 1.807) is 20.8 Å². The monoisotopic (exact) mass is 520 g/mol. The number of ketones is 1. The Balaban J connectivity index is 1.40. The molecule has 5 N–H and O–H groups in total. The molecule has 2 heterocycles. The van der Waals surface area contributed by atoms with Crippen molar-refractivity contribution >= 4 is 11.8 Å². The minimum Gasteiger partial charge on any atom is -0.455 e. The molecular weight excluding hydrogens is 480 g/mol. The zero-order valence-electron chi connectivity index (χ0n) is 22.3. The Morgan fingerprint density at radius 2 is 1.68 bits per heavy atom. The third-order valence-corrected chi connectivity index (χ3v) is 12.6. The van der Waals surface area contributed by atoms with Crippen LogP contribution in [0, 0.1) is 22.7 Å². The van der Waals surface area contributed by atoms with Gasteiger partial charge in [0.1, 0.15) is 34.8 Å². The van der Waals surface area contributed by atoms with Crippen LogP contribution in [0.4, 0.5) is 0 Å². The van der Waals surface area contributed by atoms with Crippen LogP contribution >= 0.6 is 0 Å². The van der Waals surface area contributed by atoms with Crippen molar-refractivity contribution in [1.82, 2.24) is 0 Å². The molecule has 0 aromatic rings. The smallest absolute Gasteiger partial charge is 0.334 e. The third-order valence-electron chi connectivity index (χ3n) is 12.6. The van der Waals surface area contributed by atoms with E-state index in [0.29, 0.717) is 12.0 Å². The van der Waals surface area contributed by atoms with Crippen LogP contribution in [0.15, 0.2) is 11.1 Å². The fourth-order valence-corrected chi connectivity index (χ4v) is 9.84. The van der Waals surface area contributed by atoms with Crippen molar-refractivity contribution in [3.63, 3.8) is 0 Å². The van der Waals surface area contributed by atoms with E-state index in [9.17, 15) is 35.1 Å². The quantitative estimate of drug-likeness (QED) is 0.335. The average Bonchev–Trinajstić information content (AvgIpc) is 3.19. The second-order valence-electron chi connectivity index (χ2n) is 13.5. The molecule has 1 saturated heterocycles. The topological polar surface area (TPSA) is 154 Å². The Labute approximate surface area is 216 Å². The average molecular weight is 521 g/mol. The minimum atomic E-state index is -1.86. The second kappa shape index (κ2) is 7.23. The predicted molar refractivity (Wildman–Crippen MR) is 129 cm³/mol. The molecule has 0 amide bonds. The van der Waals surface area contributed by atoms with Crippen molar-refractivity contribution in [3.8, 4) is 0 Å². The van der Waals surface area contributed by atoms with Crippen LogP contribution in [0.25, 0.3) is 0 Å². The molecule has 2 bridgehead atoms. The van der Waals surface area contributed by atoms with Crippen LogP contribution in [-0.4, -0.2) is 84.1 Å². The largest absolute Gasteiger partial charge is 0.455 e. The van der Waals surface area contributed by atoms with E-state index < -0.39 is 75.5 Å². The molecule has 9 nitrogen and oxygen atoms in total. The first-order valence-electron chi connectivity index (χ1n) is 13.6. The summed E-state index contributed by atoms with van der Waals surface area (Å²) in [5, 5.41) is 59.5. The van der Waals surface area contributed by atoms with Crippen molar-refractivity contribution in [1.29, 1.82) is 0 Å². The van der Waals surface area contributed by atoms with Crippen LogP contribution in [-0.2, 0) is 19.1 Å². The maximum absolute atomic E-state index is 13.5. The number of carbonyl (C=O) groups is 2. The highest BCUT2D eigenvalue weighted by Gasteiger charge is 2.82. The summed E-state index contributed by atoms with van der Waals surface area (Å²) in [6, 6.07) is 0. The summed E-state index contributed by atoms with van der Waals surface area (Å²) in [6.07, 6.45) is -2.24. The zero-order chi connectivity index (χ0) is 27.1. The Bertz CT molecular complexity index is 1110. The summed E-state index contributed by atoms with van der Waals surface area (Å²) in [4.78, 5) is 26.0. The van der Waals surface area contributed by atoms with Gasteiger partial charge in [-0.1, -0.05) is 12.5 Å². The van der Waals surface area contributed by atoms with Gasteiger partial charge in [0.15, 0.2) is 0 Å². The minimum absolute atomic E-state index is 0.0212. The van der Waals surface area contributed by atoms with Crippen LogP contribution in [0.2, 0.25) is 0 Å². The number of esters is 1. The molecule has 1 unspecified atom stereocenters. The lowest BCUT2D eigenvalue weighted by molar-refractivity contribution is -0.300. The van der Waals surface area contributed by atoms with Crippen molar-refractivity contribution in [3.05, 3.63) is 11.1 Å². The second-order valence-corrected chi connectivity index (χ2v) is 13.5. The van der Waals surface area contributed by atoms with Gasteiger partial charge in [0, 0.05) is 23.8 Å². The first-order chi connectivity index (χ1) is 17.0. The Morgan fingerprint density at radius 1 is 1.00 bits per heavy atom. The number of rotatable bonds is 2. The molecule has 5 fully saturated rings. The normalized spacial score (nSPS) is 56.5. The summed E-state index contributed by atoms with van der Waals surface area (Å²) >= 11 is 0. The van der Waals surface area contributed by atoms with E-state index in [1.807, 2.05) is 6.92 Å². The maximum atomic E-state index is 13.5. The van der Waals surface area contributed by atoms with E-state index >= 15 is 0 Å². The molecule has 0 aromatic carbocycles. The first-order valence-corrected chi connectivity index (χ1v) is 13.6. The first kappa shape index (κ1) is 25.9. The zero-order valence-corrected chi connectivity index (χ0v) is 22.3. The number of carbonyl (C=O) groups excluding carboxylic acids is 2. The molecule has 2 aliphatic heterocycles. The van der Waals surface area contributed by atoms with Gasteiger partial charge < -0.3 is 35.0 Å². The molecule has 206 valence electrons. The number of aliphatic hydroxyl groups excluding tert-OH is 1. The number of hydrogen-bond donors (Lipinski definition) is 5. The number of ether oxygens (including phenoxy) is 2. The van der Waals surface area contributed by atoms with Crippen LogP contribution in [0.5, 0.6) is 0 Å². The molecule has 6 aliphatic rings. The fourth-order valence-electron chi connectivity index (χ4n) is 9.84. The number of aliphatic hydroxyl groups is 5. The Morgan fingerprint density at radius 3 is 2.32 bits per heavy atom. The number of hydrogen-bond acceptors (Lipinski definition) is 9. The Hall–Kier alpha value is -1.36. The summed E-state index contributed by atoms with van der Waals surface area (Å²) in [5.74, 6) is -1.62. The molecule has 4 aliphatic carbocycles. The van der Waals surface area contributed by atoms with E-state index in [2.05, 4.69) is 0 Å². The standard InChI is InChI=1S/C28H40O9/c1-13-10-19(37-22(31)14(13)2)25(5,32)27(34)9-8-26(33)16-11-20-28(35)21(30)17(36-20)12-18(29)24(28,4)15(16)6-7-23(26,27)3/h15-17,19-21,30,32-35H,6-12H2,1-5H3/t15-,16+,17+,19+,20-,21?,23-,24-,25-,26+,27-,28-/m0/s1. The van der Waals surface area contributed by atoms with E-state index in [-0.39, 0.29) is 44.3 Å². The number of Topliss-reactive ketones (excluding diaryl/α,β-unsaturated/α-hetero) is 1. The van der Waals surface area contributed by atoms with E-state index in [1.165, 1.54) is 6.92 Å². The molecule has 0 aromatic heterocycles. The third kappa shape index (κ3) is 2.58. The lowest BCUT2D eigenvalue weighted by Crippen LogP contribution is -2.77. The SMILES string of the molecule is CC1=C(C)C(=O)O[C@@H]([C@](C)(O)[C@]2(O)CC[C@@]3(O)[C@@H]4C[C@@H]5O[C@@H]6CC(=O)[C@](C)([C@H]4CC[C@]23C)[C@@]5(O)C6O)C1. The number of cyclic esters (lactones) is 1. The van der Waals surface area contributed by atoms with Gasteiger partial charge in [0.05, 0.1) is 23.2 Å². The highest BCUT2D eigenvalue weighted by molar-refractivity contribution is 5.90. The van der Waals surface area contributed by atoms with Gasteiger partial charge in [0.25, 0.3) is 0 Å². The van der Waals surface area contributed by atoms with E-state index in [0.717, 1.165) is 5.57 Å². The molecular formula is C28H40O9. The van der Waals surface area contributed by atoms with Crippen molar-refractivity contribution in [2.24, 2.45) is 22.7 Å². The van der Waals surface area contributed by atoms with E-state index in [4.69, 9.17) is 9.47 Å². The van der Waals surface area contributed by atoms with Crippen molar-refractivity contribution in [2.75, 3.05) is 0 Å². The highest BCUT2D eigenvalue weighted by atomic mass is 16.6. The lowest BCUT2D eigenvalue weighted by atomic mass is 9.40. The van der Waals surface area contributed by atoms with Gasteiger partial charge in [-0.05, 0) is 71.6 Å². The fraction of sp³-hybridized carbons (Fsp3) is 0.857. The van der Waals surface area contributed by atoms with Gasteiger partial charge >= 0.3 is 5.97 Å². The molecule has 37 heavy (non-hydrogen) atoms. The molecule has 9 heteroatoms. The highest BCUT2D eigenvalue weighted by Crippen LogP contribution is 2.73. The van der Waals surface area contributed by atoms with Gasteiger partial charge in [-0.25, -0.2) is 4.79 Å². The molecule has 0 radical (unpaired) electrons. The Kier molecular flexibility index (Phi) is 5.06. The molecule has 6 rings (SSSR count). The maximum Gasteiger partial charge on any atom is 0.334 e.